The van der Waals surface area contributed by atoms with Crippen molar-refractivity contribution in [3.05, 3.63) is 85.1 Å². The molecule has 0 radical (unpaired) electrons. The summed E-state index contributed by atoms with van der Waals surface area (Å²) in [5.74, 6) is -0.186. The third kappa shape index (κ3) is 67.2. The average molecular weight is 1200 g/mol. The van der Waals surface area contributed by atoms with Crippen molar-refractivity contribution < 1.29 is 32.9 Å². The van der Waals surface area contributed by atoms with Gasteiger partial charge in [-0.2, -0.15) is 0 Å². The van der Waals surface area contributed by atoms with Gasteiger partial charge in [-0.25, -0.2) is 4.57 Å². The summed E-state index contributed by atoms with van der Waals surface area (Å²) >= 11 is 0. The summed E-state index contributed by atoms with van der Waals surface area (Å²) in [5, 5.41) is 14.0. The number of amides is 1. The van der Waals surface area contributed by atoms with E-state index in [1.807, 2.05) is 27.2 Å². The SMILES string of the molecule is CC/C=C\C/C=C\C/C=C\C/C=C\CCCCCCCCCCCCCCCCCCCCCCCCCCCCCCC(=O)NC(COP(=O)(O)OCC[N+](C)(C)C)C(O)/C=C/CC/C=C/CC/C=C/CCCCCCCCCCCCC. The molecular weight excluding hydrogens is 1060 g/mol. The average Bonchev–Trinajstić information content (AvgIpc) is 3.56. The van der Waals surface area contributed by atoms with Gasteiger partial charge in [-0.3, -0.25) is 13.8 Å². The van der Waals surface area contributed by atoms with Gasteiger partial charge in [0.1, 0.15) is 13.2 Å². The van der Waals surface area contributed by atoms with E-state index in [4.69, 9.17) is 9.05 Å². The normalized spacial score (nSPS) is 14.1. The molecule has 8 nitrogen and oxygen atoms in total. The minimum Gasteiger partial charge on any atom is -0.387 e. The number of unbranched alkanes of at least 4 members (excludes halogenated alkanes) is 41. The first kappa shape index (κ1) is 81.7. The molecule has 0 heterocycles. The first-order chi connectivity index (χ1) is 41.0. The largest absolute Gasteiger partial charge is 0.472 e. The summed E-state index contributed by atoms with van der Waals surface area (Å²) in [6.07, 6.45) is 93.3. The highest BCUT2D eigenvalue weighted by atomic mass is 31.2. The summed E-state index contributed by atoms with van der Waals surface area (Å²) < 4.78 is 23.8. The fourth-order valence-corrected chi connectivity index (χ4v) is 11.3. The second kappa shape index (κ2) is 65.1. The van der Waals surface area contributed by atoms with Gasteiger partial charge in [-0.1, -0.05) is 330 Å². The predicted molar refractivity (Wildman–Crippen MR) is 369 cm³/mol. The highest BCUT2D eigenvalue weighted by molar-refractivity contribution is 7.47. The van der Waals surface area contributed by atoms with E-state index in [1.165, 1.54) is 244 Å². The van der Waals surface area contributed by atoms with E-state index in [1.54, 1.807) is 6.08 Å². The van der Waals surface area contributed by atoms with Crippen LogP contribution in [0.4, 0.5) is 0 Å². The number of hydrogen-bond acceptors (Lipinski definition) is 5. The minimum absolute atomic E-state index is 0.0533. The number of quaternary nitrogens is 1. The molecule has 0 aliphatic heterocycles. The Hall–Kier alpha value is -2.32. The number of carbonyl (C=O) groups excluding carboxylic acids is 1. The topological polar surface area (TPSA) is 105 Å². The van der Waals surface area contributed by atoms with Gasteiger partial charge in [0.15, 0.2) is 0 Å². The fourth-order valence-electron chi connectivity index (χ4n) is 10.5. The fraction of sp³-hybridized carbons (Fsp3) is 0.800. The number of phosphoric acid groups is 1. The molecule has 0 aromatic carbocycles. The van der Waals surface area contributed by atoms with Crippen molar-refractivity contribution in [3.8, 4) is 0 Å². The van der Waals surface area contributed by atoms with Crippen LogP contribution in [0.5, 0.6) is 0 Å². The van der Waals surface area contributed by atoms with Crippen LogP contribution in [0.15, 0.2) is 85.1 Å². The van der Waals surface area contributed by atoms with Gasteiger partial charge in [0, 0.05) is 6.42 Å². The van der Waals surface area contributed by atoms with Gasteiger partial charge >= 0.3 is 7.82 Å². The molecule has 0 aromatic rings. The van der Waals surface area contributed by atoms with E-state index in [0.29, 0.717) is 17.4 Å². The number of aliphatic hydroxyl groups excluding tert-OH is 1. The Balaban J connectivity index is 3.96. The van der Waals surface area contributed by atoms with E-state index in [2.05, 4.69) is 92.1 Å². The zero-order chi connectivity index (χ0) is 61.2. The van der Waals surface area contributed by atoms with Gasteiger partial charge in [-0.05, 0) is 83.5 Å². The van der Waals surface area contributed by atoms with E-state index in [9.17, 15) is 19.4 Å². The van der Waals surface area contributed by atoms with Crippen LogP contribution >= 0.6 is 7.82 Å². The molecule has 3 atom stereocenters. The number of allylic oxidation sites excluding steroid dienone is 13. The molecule has 0 bridgehead atoms. The standard InChI is InChI=1S/C75H139N2O6P/c1-6-8-10-12-14-16-18-20-22-24-26-28-29-30-31-32-33-34-35-36-37-38-39-40-41-42-43-44-45-46-47-49-51-53-55-57-59-61-63-65-67-69-75(79)76-73(72-83-84(80,81)82-71-70-77(3,4)5)74(78)68-66-64-62-60-58-56-54-52-50-48-27-25-23-21-19-17-15-13-11-9-7-2/h8,10,14,16,20,22,26,28,50,52,58,60,66,68,73-74,78H,6-7,9,11-13,15,17-19,21,23-25,27,29-49,51,53-57,59,61-65,67,69-72H2,1-5H3,(H-,76,79,80,81)/p+1/b10-8-,16-14-,22-20-,28-26-,52-50+,60-58+,68-66+. The summed E-state index contributed by atoms with van der Waals surface area (Å²) in [6.45, 7) is 4.71. The molecule has 0 aromatic heterocycles. The first-order valence-corrected chi connectivity index (χ1v) is 37.5. The Morgan fingerprint density at radius 3 is 1.10 bits per heavy atom. The Bertz CT molecular complexity index is 1650. The van der Waals surface area contributed by atoms with Crippen LogP contribution in [-0.4, -0.2) is 73.4 Å². The maximum Gasteiger partial charge on any atom is 0.472 e. The van der Waals surface area contributed by atoms with Crippen molar-refractivity contribution in [1.29, 1.82) is 0 Å². The number of rotatable bonds is 66. The number of aliphatic hydroxyl groups is 1. The minimum atomic E-state index is -4.37. The van der Waals surface area contributed by atoms with E-state index < -0.39 is 20.0 Å². The number of carbonyl (C=O) groups is 1. The van der Waals surface area contributed by atoms with Crippen LogP contribution in [-0.2, 0) is 18.4 Å². The lowest BCUT2D eigenvalue weighted by Crippen LogP contribution is -2.45. The molecule has 0 aliphatic rings. The molecule has 3 N–H and O–H groups in total. The Labute approximate surface area is 522 Å². The zero-order valence-electron chi connectivity index (χ0n) is 56.1. The van der Waals surface area contributed by atoms with Crippen molar-refractivity contribution in [2.24, 2.45) is 0 Å². The molecule has 0 rings (SSSR count). The van der Waals surface area contributed by atoms with Gasteiger partial charge in [0.05, 0.1) is 39.9 Å². The Kier molecular flexibility index (Phi) is 63.3. The molecule has 490 valence electrons. The van der Waals surface area contributed by atoms with Crippen LogP contribution in [0.1, 0.15) is 335 Å². The highest BCUT2D eigenvalue weighted by Gasteiger charge is 2.28. The molecule has 0 saturated carbocycles. The lowest BCUT2D eigenvalue weighted by molar-refractivity contribution is -0.870. The molecule has 0 saturated heterocycles. The van der Waals surface area contributed by atoms with E-state index >= 15 is 0 Å². The van der Waals surface area contributed by atoms with Crippen LogP contribution in [0.3, 0.4) is 0 Å². The maximum atomic E-state index is 13.0. The van der Waals surface area contributed by atoms with Crippen LogP contribution < -0.4 is 5.32 Å². The third-order valence-electron chi connectivity index (χ3n) is 16.1. The Morgan fingerprint density at radius 2 is 0.726 bits per heavy atom. The molecule has 0 spiro atoms. The monoisotopic (exact) mass is 1200 g/mol. The molecule has 0 aliphatic carbocycles. The molecular formula is C75H140N2O6P+. The first-order valence-electron chi connectivity index (χ1n) is 36.0. The van der Waals surface area contributed by atoms with Crippen molar-refractivity contribution in [1.82, 2.24) is 5.32 Å². The second-order valence-corrected chi connectivity index (χ2v) is 27.0. The maximum absolute atomic E-state index is 13.0. The van der Waals surface area contributed by atoms with Gasteiger partial charge in [0.25, 0.3) is 0 Å². The van der Waals surface area contributed by atoms with Gasteiger partial charge < -0.3 is 19.8 Å². The zero-order valence-corrected chi connectivity index (χ0v) is 57.0. The number of likely N-dealkylation sites (N-methyl/N-ethyl adjacent to an activating group) is 1. The molecule has 84 heavy (non-hydrogen) atoms. The number of nitrogens with zero attached hydrogens (tertiary/aromatic N) is 1. The van der Waals surface area contributed by atoms with Crippen LogP contribution in [0.25, 0.3) is 0 Å². The summed E-state index contributed by atoms with van der Waals surface area (Å²) in [6, 6.07) is -0.872. The van der Waals surface area contributed by atoms with Crippen molar-refractivity contribution in [2.45, 2.75) is 347 Å². The van der Waals surface area contributed by atoms with Crippen molar-refractivity contribution >= 4 is 13.7 Å². The smallest absolute Gasteiger partial charge is 0.387 e. The van der Waals surface area contributed by atoms with Crippen molar-refractivity contribution in [2.75, 3.05) is 40.9 Å². The lowest BCUT2D eigenvalue weighted by Gasteiger charge is -2.25. The third-order valence-corrected chi connectivity index (χ3v) is 17.1. The van der Waals surface area contributed by atoms with E-state index in [-0.39, 0.29) is 19.1 Å². The quantitative estimate of drug-likeness (QED) is 0.0243. The summed E-state index contributed by atoms with van der Waals surface area (Å²) in [5.41, 5.74) is 0. The molecule has 3 unspecified atom stereocenters. The van der Waals surface area contributed by atoms with Gasteiger partial charge in [0.2, 0.25) is 5.91 Å². The predicted octanol–water partition coefficient (Wildman–Crippen LogP) is 23.1. The Morgan fingerprint density at radius 1 is 0.417 bits per heavy atom. The molecule has 1 amide bonds. The summed E-state index contributed by atoms with van der Waals surface area (Å²) in [4.78, 5) is 23.4. The highest BCUT2D eigenvalue weighted by Crippen LogP contribution is 2.43. The summed E-state index contributed by atoms with van der Waals surface area (Å²) in [7, 11) is 1.55. The second-order valence-electron chi connectivity index (χ2n) is 25.6. The van der Waals surface area contributed by atoms with E-state index in [0.717, 1.165) is 70.6 Å². The lowest BCUT2D eigenvalue weighted by atomic mass is 10.0. The number of hydrogen-bond donors (Lipinski definition) is 3. The molecule has 0 fully saturated rings. The van der Waals surface area contributed by atoms with Crippen molar-refractivity contribution in [3.63, 3.8) is 0 Å². The van der Waals surface area contributed by atoms with Crippen LogP contribution in [0, 0.1) is 0 Å². The number of nitrogens with one attached hydrogen (secondary N) is 1. The van der Waals surface area contributed by atoms with Crippen LogP contribution in [0.2, 0.25) is 0 Å². The number of phosphoric ester groups is 1. The molecule has 9 heteroatoms. The van der Waals surface area contributed by atoms with Gasteiger partial charge in [-0.15, -0.1) is 0 Å².